The Labute approximate surface area is 306 Å². The van der Waals surface area contributed by atoms with Crippen LogP contribution in [0.4, 0.5) is 0 Å². The van der Waals surface area contributed by atoms with E-state index in [0.29, 0.717) is 5.82 Å². The molecule has 10 rings (SSSR count). The smallest absolute Gasteiger partial charge is 0.160 e. The number of aromatic nitrogens is 3. The first-order valence-corrected chi connectivity index (χ1v) is 17.8. The lowest BCUT2D eigenvalue weighted by Crippen LogP contribution is -1.95. The largest absolute Gasteiger partial charge is 0.455 e. The third kappa shape index (κ3) is 5.45. The number of para-hydroxylation sites is 1. The number of pyridine rings is 1. The predicted molar refractivity (Wildman–Crippen MR) is 217 cm³/mol. The second-order valence-electron chi connectivity index (χ2n) is 13.2. The van der Waals surface area contributed by atoms with E-state index >= 15 is 0 Å². The van der Waals surface area contributed by atoms with Gasteiger partial charge in [-0.2, -0.15) is 0 Å². The van der Waals surface area contributed by atoms with Crippen LogP contribution >= 0.6 is 0 Å². The Hall–Kier alpha value is -7.17. The van der Waals surface area contributed by atoms with Gasteiger partial charge in [-0.3, -0.25) is 0 Å². The van der Waals surface area contributed by atoms with Gasteiger partial charge < -0.3 is 4.42 Å². The first-order chi connectivity index (χ1) is 26.3. The van der Waals surface area contributed by atoms with Crippen molar-refractivity contribution in [1.82, 2.24) is 15.0 Å². The van der Waals surface area contributed by atoms with Gasteiger partial charge >= 0.3 is 0 Å². The van der Waals surface area contributed by atoms with Crippen molar-refractivity contribution in [3.05, 3.63) is 188 Å². The molecule has 7 aromatic carbocycles. The van der Waals surface area contributed by atoms with Crippen LogP contribution in [0.3, 0.4) is 0 Å². The maximum absolute atomic E-state index is 6.95. The molecule has 0 fully saturated rings. The number of rotatable bonds is 6. The van der Waals surface area contributed by atoms with Crippen LogP contribution in [0, 0.1) is 0 Å². The molecule has 0 saturated heterocycles. The lowest BCUT2D eigenvalue weighted by molar-refractivity contribution is 0.636. The fourth-order valence-corrected chi connectivity index (χ4v) is 7.33. The van der Waals surface area contributed by atoms with E-state index in [1.54, 1.807) is 0 Å². The van der Waals surface area contributed by atoms with E-state index in [4.69, 9.17) is 19.4 Å². The maximum Gasteiger partial charge on any atom is 0.160 e. The monoisotopic (exact) mass is 677 g/mol. The third-order valence-electron chi connectivity index (χ3n) is 9.89. The predicted octanol–water partition coefficient (Wildman–Crippen LogP) is 12.9. The summed E-state index contributed by atoms with van der Waals surface area (Å²) < 4.78 is 6.95. The van der Waals surface area contributed by atoms with Gasteiger partial charge in [0.15, 0.2) is 5.82 Å². The Kier molecular flexibility index (Phi) is 7.43. The second-order valence-corrected chi connectivity index (χ2v) is 13.2. The van der Waals surface area contributed by atoms with Crippen LogP contribution in [0.15, 0.2) is 192 Å². The second kappa shape index (κ2) is 12.9. The number of furan rings is 1. The molecule has 3 aromatic heterocycles. The van der Waals surface area contributed by atoms with Crippen molar-refractivity contribution in [2.75, 3.05) is 0 Å². The fourth-order valence-electron chi connectivity index (χ4n) is 7.33. The molecule has 0 unspecified atom stereocenters. The third-order valence-corrected chi connectivity index (χ3v) is 9.89. The molecule has 0 aliphatic carbocycles. The molecule has 0 bridgehead atoms. The summed E-state index contributed by atoms with van der Waals surface area (Å²) in [6.07, 6.45) is 0. The molecule has 0 spiro atoms. The minimum atomic E-state index is 0.716. The summed E-state index contributed by atoms with van der Waals surface area (Å²) >= 11 is 0. The minimum Gasteiger partial charge on any atom is -0.455 e. The standard InChI is InChI=1S/C49H31N3O/c1-5-15-33(16-6-1)43-44-46(34-17-7-2-8-18-34)50-42-31-38(29-30-40(42)48(44)53-47(43)36-19-9-3-10-20-36)32-25-27-35(28-26-32)45-39-23-13-14-24-41(39)51-49(52-45)37-21-11-4-12-22-37/h1-31H. The molecule has 4 heteroatoms. The van der Waals surface area contributed by atoms with E-state index in [2.05, 4.69) is 140 Å². The lowest BCUT2D eigenvalue weighted by Gasteiger charge is -2.11. The van der Waals surface area contributed by atoms with Crippen molar-refractivity contribution in [3.8, 4) is 67.5 Å². The summed E-state index contributed by atoms with van der Waals surface area (Å²) in [6.45, 7) is 0. The normalized spacial score (nSPS) is 11.4. The molecule has 248 valence electrons. The molecule has 0 radical (unpaired) electrons. The van der Waals surface area contributed by atoms with Gasteiger partial charge in [-0.1, -0.05) is 170 Å². The Morgan fingerprint density at radius 1 is 0.340 bits per heavy atom. The number of hydrogen-bond donors (Lipinski definition) is 0. The van der Waals surface area contributed by atoms with Crippen LogP contribution in [0.2, 0.25) is 0 Å². The van der Waals surface area contributed by atoms with Crippen molar-refractivity contribution >= 4 is 32.8 Å². The van der Waals surface area contributed by atoms with Crippen LogP contribution in [0.25, 0.3) is 100 Å². The molecule has 0 N–H and O–H groups in total. The van der Waals surface area contributed by atoms with E-state index in [1.807, 2.05) is 48.5 Å². The molecule has 4 nitrogen and oxygen atoms in total. The highest BCUT2D eigenvalue weighted by Crippen LogP contribution is 2.47. The topological polar surface area (TPSA) is 51.8 Å². The van der Waals surface area contributed by atoms with Crippen LogP contribution in [0.1, 0.15) is 0 Å². The van der Waals surface area contributed by atoms with Crippen LogP contribution in [-0.2, 0) is 0 Å². The molecule has 0 saturated carbocycles. The van der Waals surface area contributed by atoms with Crippen molar-refractivity contribution < 1.29 is 4.42 Å². The van der Waals surface area contributed by atoms with E-state index in [1.165, 1.54) is 0 Å². The summed E-state index contributed by atoms with van der Waals surface area (Å²) in [5.41, 5.74) is 12.8. The minimum absolute atomic E-state index is 0.716. The summed E-state index contributed by atoms with van der Waals surface area (Å²) in [4.78, 5) is 15.4. The van der Waals surface area contributed by atoms with Gasteiger partial charge in [0.25, 0.3) is 0 Å². The fraction of sp³-hybridized carbons (Fsp3) is 0. The molecule has 0 atom stereocenters. The molecule has 0 aliphatic rings. The molecule has 0 aliphatic heterocycles. The summed E-state index contributed by atoms with van der Waals surface area (Å²) in [6, 6.07) is 64.8. The van der Waals surface area contributed by atoms with Crippen molar-refractivity contribution in [3.63, 3.8) is 0 Å². The zero-order valence-electron chi connectivity index (χ0n) is 28.6. The summed E-state index contributed by atoms with van der Waals surface area (Å²) in [5, 5.41) is 3.01. The van der Waals surface area contributed by atoms with Gasteiger partial charge in [-0.25, -0.2) is 15.0 Å². The summed E-state index contributed by atoms with van der Waals surface area (Å²) in [7, 11) is 0. The average molecular weight is 678 g/mol. The van der Waals surface area contributed by atoms with E-state index < -0.39 is 0 Å². The molecular formula is C49H31N3O. The van der Waals surface area contributed by atoms with Crippen molar-refractivity contribution in [2.24, 2.45) is 0 Å². The van der Waals surface area contributed by atoms with Crippen LogP contribution in [0.5, 0.6) is 0 Å². The number of nitrogens with zero attached hydrogens (tertiary/aromatic N) is 3. The van der Waals surface area contributed by atoms with Crippen LogP contribution < -0.4 is 0 Å². The van der Waals surface area contributed by atoms with Gasteiger partial charge in [0.2, 0.25) is 0 Å². The van der Waals surface area contributed by atoms with Gasteiger partial charge in [-0.15, -0.1) is 0 Å². The molecule has 10 aromatic rings. The molecular weight excluding hydrogens is 647 g/mol. The highest BCUT2D eigenvalue weighted by atomic mass is 16.3. The van der Waals surface area contributed by atoms with E-state index in [9.17, 15) is 0 Å². The lowest BCUT2D eigenvalue weighted by atomic mass is 9.94. The molecule has 53 heavy (non-hydrogen) atoms. The quantitative estimate of drug-likeness (QED) is 0.176. The summed E-state index contributed by atoms with van der Waals surface area (Å²) in [5.74, 6) is 1.55. The SMILES string of the molecule is c1ccc(-c2nc(-c3ccc(-c4ccc5c(c4)nc(-c4ccccc4)c4c(-c6ccccc6)c(-c6ccccc6)oc45)cc3)c3ccccc3n2)cc1. The van der Waals surface area contributed by atoms with Crippen molar-refractivity contribution in [2.45, 2.75) is 0 Å². The Morgan fingerprint density at radius 3 is 1.58 bits per heavy atom. The first kappa shape index (κ1) is 30.6. The molecule has 0 amide bonds. The zero-order valence-corrected chi connectivity index (χ0v) is 28.6. The van der Waals surface area contributed by atoms with E-state index in [-0.39, 0.29) is 0 Å². The van der Waals surface area contributed by atoms with Crippen molar-refractivity contribution in [1.29, 1.82) is 0 Å². The average Bonchev–Trinajstić information content (AvgIpc) is 3.65. The van der Waals surface area contributed by atoms with Crippen LogP contribution in [-0.4, -0.2) is 15.0 Å². The molecule has 3 heterocycles. The Morgan fingerprint density at radius 2 is 0.887 bits per heavy atom. The highest BCUT2D eigenvalue weighted by molar-refractivity contribution is 6.17. The van der Waals surface area contributed by atoms with Gasteiger partial charge in [-0.05, 0) is 34.9 Å². The van der Waals surface area contributed by atoms with Gasteiger partial charge in [0.1, 0.15) is 11.3 Å². The highest BCUT2D eigenvalue weighted by Gasteiger charge is 2.24. The number of hydrogen-bond acceptors (Lipinski definition) is 4. The van der Waals surface area contributed by atoms with E-state index in [0.717, 1.165) is 94.4 Å². The number of fused-ring (bicyclic) bond motifs is 4. The van der Waals surface area contributed by atoms with Gasteiger partial charge in [0, 0.05) is 38.6 Å². The maximum atomic E-state index is 6.95. The first-order valence-electron chi connectivity index (χ1n) is 17.8. The number of benzene rings is 7. The Balaban J connectivity index is 1.13. The zero-order chi connectivity index (χ0) is 35.1. The van der Waals surface area contributed by atoms with Gasteiger partial charge in [0.05, 0.1) is 27.8 Å². The Bertz CT molecular complexity index is 2900.